The van der Waals surface area contributed by atoms with E-state index in [0.29, 0.717) is 19.1 Å². The number of anilines is 1. The number of aromatic nitrogens is 4. The molecule has 0 atom stereocenters. The lowest BCUT2D eigenvalue weighted by Crippen LogP contribution is -2.45. The first-order chi connectivity index (χ1) is 11.7. The van der Waals surface area contributed by atoms with Gasteiger partial charge in [-0.1, -0.05) is 5.10 Å². The molecule has 0 amide bonds. The van der Waals surface area contributed by atoms with E-state index in [1.807, 2.05) is 4.68 Å². The number of nitrogens with zero attached hydrogens (tertiary/aromatic N) is 5. The average Bonchev–Trinajstić information content (AvgIpc) is 3.32. The fraction of sp³-hybridized carbons (Fsp3) is 0.688. The highest BCUT2D eigenvalue weighted by atomic mass is 32.1. The average molecular weight is 349 g/mol. The van der Waals surface area contributed by atoms with Crippen molar-refractivity contribution in [2.24, 2.45) is 5.92 Å². The second-order valence-corrected chi connectivity index (χ2v) is 7.64. The minimum atomic E-state index is -0.411. The van der Waals surface area contributed by atoms with Crippen molar-refractivity contribution in [2.75, 3.05) is 31.2 Å². The summed E-state index contributed by atoms with van der Waals surface area (Å²) in [6, 6.07) is 2.14. The van der Waals surface area contributed by atoms with E-state index in [0.717, 1.165) is 38.4 Å². The van der Waals surface area contributed by atoms with Crippen molar-refractivity contribution in [3.63, 3.8) is 0 Å². The van der Waals surface area contributed by atoms with Crippen LogP contribution in [0.2, 0.25) is 0 Å². The molecule has 2 aliphatic rings. The number of piperidine rings is 1. The summed E-state index contributed by atoms with van der Waals surface area (Å²) in [5.41, 5.74) is 1.30. The summed E-state index contributed by atoms with van der Waals surface area (Å²) < 4.78 is 13.6. The monoisotopic (exact) mass is 349 g/mol. The Kier molecular flexibility index (Phi) is 4.28. The summed E-state index contributed by atoms with van der Waals surface area (Å²) in [7, 11) is 0. The zero-order valence-electron chi connectivity index (χ0n) is 14.1. The third-order valence-electron chi connectivity index (χ3n) is 5.15. The van der Waals surface area contributed by atoms with Crippen molar-refractivity contribution in [1.29, 1.82) is 0 Å². The Bertz CT molecular complexity index is 686. The Labute approximate surface area is 145 Å². The molecule has 0 aliphatic carbocycles. The maximum absolute atomic E-state index is 5.83. The first kappa shape index (κ1) is 16.0. The van der Waals surface area contributed by atoms with E-state index in [1.54, 1.807) is 11.3 Å². The van der Waals surface area contributed by atoms with Crippen molar-refractivity contribution >= 4 is 17.3 Å². The molecular weight excluding hydrogens is 326 g/mol. The molecule has 4 rings (SSSR count). The van der Waals surface area contributed by atoms with Gasteiger partial charge in [0.2, 0.25) is 5.95 Å². The van der Waals surface area contributed by atoms with E-state index >= 15 is 0 Å². The molecule has 2 aromatic rings. The third-order valence-corrected chi connectivity index (χ3v) is 6.16. The predicted octanol–water partition coefficient (Wildman–Crippen LogP) is 2.07. The van der Waals surface area contributed by atoms with Crippen molar-refractivity contribution in [3.05, 3.63) is 21.9 Å². The Morgan fingerprint density at radius 3 is 2.71 bits per heavy atom. The maximum atomic E-state index is 5.83. The van der Waals surface area contributed by atoms with Gasteiger partial charge in [-0.25, -0.2) is 4.68 Å². The molecule has 0 bridgehead atoms. The van der Waals surface area contributed by atoms with Gasteiger partial charge in [0.1, 0.15) is 0 Å². The molecule has 130 valence electrons. The zero-order chi connectivity index (χ0) is 16.6. The van der Waals surface area contributed by atoms with Crippen LogP contribution in [-0.2, 0) is 16.0 Å². The molecule has 4 heterocycles. The fourth-order valence-electron chi connectivity index (χ4n) is 3.60. The van der Waals surface area contributed by atoms with Crippen LogP contribution in [0.15, 0.2) is 11.4 Å². The van der Waals surface area contributed by atoms with Crippen LogP contribution in [0.25, 0.3) is 0 Å². The second kappa shape index (κ2) is 6.42. The van der Waals surface area contributed by atoms with E-state index in [1.165, 1.54) is 10.4 Å². The zero-order valence-corrected chi connectivity index (χ0v) is 15.0. The number of ether oxygens (including phenoxy) is 2. The standard InChI is InChI=1S/C16H23N5O2S/c1-12-5-10-24-14(12)11-21-15(17-18-19-21)20-6-3-13(4-7-20)16(2)22-8-9-23-16/h5,10,13H,3-4,6-9,11H2,1-2H3. The molecule has 0 spiro atoms. The van der Waals surface area contributed by atoms with Gasteiger partial charge in [0.05, 0.1) is 19.8 Å². The van der Waals surface area contributed by atoms with Gasteiger partial charge in [0.25, 0.3) is 0 Å². The molecule has 0 saturated carbocycles. The molecule has 24 heavy (non-hydrogen) atoms. The number of thiophene rings is 1. The fourth-order valence-corrected chi connectivity index (χ4v) is 4.49. The molecule has 8 heteroatoms. The summed E-state index contributed by atoms with van der Waals surface area (Å²) in [5.74, 6) is 0.881. The second-order valence-electron chi connectivity index (χ2n) is 6.64. The number of tetrazole rings is 1. The number of aryl methyl sites for hydroxylation is 1. The summed E-state index contributed by atoms with van der Waals surface area (Å²) in [6.07, 6.45) is 2.06. The first-order valence-corrected chi connectivity index (χ1v) is 9.36. The SMILES string of the molecule is Cc1ccsc1Cn1nnnc1N1CCC(C2(C)OCCO2)CC1. The molecular formula is C16H23N5O2S. The molecule has 0 unspecified atom stereocenters. The Balaban J connectivity index is 1.43. The van der Waals surface area contributed by atoms with Gasteiger partial charge in [-0.15, -0.1) is 11.3 Å². The van der Waals surface area contributed by atoms with Crippen LogP contribution >= 0.6 is 11.3 Å². The topological polar surface area (TPSA) is 65.3 Å². The van der Waals surface area contributed by atoms with Crippen molar-refractivity contribution in [1.82, 2.24) is 20.2 Å². The van der Waals surface area contributed by atoms with Crippen LogP contribution in [-0.4, -0.2) is 52.3 Å². The van der Waals surface area contributed by atoms with Crippen LogP contribution in [0.1, 0.15) is 30.2 Å². The van der Waals surface area contributed by atoms with E-state index in [2.05, 4.69) is 45.7 Å². The highest BCUT2D eigenvalue weighted by molar-refractivity contribution is 7.10. The lowest BCUT2D eigenvalue weighted by molar-refractivity contribution is -0.185. The molecule has 2 fully saturated rings. The largest absolute Gasteiger partial charge is 0.348 e. The molecule has 2 aromatic heterocycles. The Hall–Kier alpha value is -1.51. The minimum Gasteiger partial charge on any atom is -0.348 e. The Morgan fingerprint density at radius 2 is 2.04 bits per heavy atom. The minimum absolute atomic E-state index is 0.411. The smallest absolute Gasteiger partial charge is 0.245 e. The van der Waals surface area contributed by atoms with Gasteiger partial charge in [0.15, 0.2) is 5.79 Å². The van der Waals surface area contributed by atoms with Gasteiger partial charge in [0, 0.05) is 23.9 Å². The summed E-state index contributed by atoms with van der Waals surface area (Å²) in [5, 5.41) is 14.5. The van der Waals surface area contributed by atoms with Gasteiger partial charge in [-0.05, 0) is 54.1 Å². The van der Waals surface area contributed by atoms with Crippen LogP contribution in [0.4, 0.5) is 5.95 Å². The van der Waals surface area contributed by atoms with E-state index in [-0.39, 0.29) is 0 Å². The Morgan fingerprint density at radius 1 is 1.29 bits per heavy atom. The lowest BCUT2D eigenvalue weighted by Gasteiger charge is -2.39. The van der Waals surface area contributed by atoms with Gasteiger partial charge >= 0.3 is 0 Å². The quantitative estimate of drug-likeness (QED) is 0.842. The molecule has 0 N–H and O–H groups in total. The van der Waals surface area contributed by atoms with Crippen LogP contribution in [0, 0.1) is 12.8 Å². The normalized spacial score (nSPS) is 21.5. The van der Waals surface area contributed by atoms with Gasteiger partial charge in [-0.2, -0.15) is 0 Å². The number of rotatable bonds is 4. The number of hydrogen-bond donors (Lipinski definition) is 0. The van der Waals surface area contributed by atoms with Crippen molar-refractivity contribution in [2.45, 2.75) is 39.0 Å². The first-order valence-electron chi connectivity index (χ1n) is 8.48. The van der Waals surface area contributed by atoms with Crippen molar-refractivity contribution in [3.8, 4) is 0 Å². The van der Waals surface area contributed by atoms with Crippen molar-refractivity contribution < 1.29 is 9.47 Å². The van der Waals surface area contributed by atoms with Crippen LogP contribution < -0.4 is 4.90 Å². The highest BCUT2D eigenvalue weighted by Gasteiger charge is 2.41. The molecule has 0 aromatic carbocycles. The molecule has 2 saturated heterocycles. The van der Waals surface area contributed by atoms with Crippen LogP contribution in [0.5, 0.6) is 0 Å². The van der Waals surface area contributed by atoms with E-state index < -0.39 is 5.79 Å². The highest BCUT2D eigenvalue weighted by Crippen LogP contribution is 2.35. The molecule has 0 radical (unpaired) electrons. The summed E-state index contributed by atoms with van der Waals surface area (Å²) >= 11 is 1.75. The molecule has 2 aliphatic heterocycles. The maximum Gasteiger partial charge on any atom is 0.245 e. The summed E-state index contributed by atoms with van der Waals surface area (Å²) in [6.45, 7) is 8.20. The number of hydrogen-bond acceptors (Lipinski definition) is 7. The van der Waals surface area contributed by atoms with Gasteiger partial charge in [-0.3, -0.25) is 0 Å². The molecule has 7 nitrogen and oxygen atoms in total. The lowest BCUT2D eigenvalue weighted by atomic mass is 9.89. The van der Waals surface area contributed by atoms with E-state index in [4.69, 9.17) is 9.47 Å². The van der Waals surface area contributed by atoms with Gasteiger partial charge < -0.3 is 14.4 Å². The van der Waals surface area contributed by atoms with Crippen LogP contribution in [0.3, 0.4) is 0 Å². The third kappa shape index (κ3) is 2.94. The predicted molar refractivity (Wildman–Crippen MR) is 91.2 cm³/mol. The summed E-state index contributed by atoms with van der Waals surface area (Å²) in [4.78, 5) is 3.58. The van der Waals surface area contributed by atoms with E-state index in [9.17, 15) is 0 Å².